The highest BCUT2D eigenvalue weighted by Crippen LogP contribution is 2.31. The molecule has 0 saturated heterocycles. The summed E-state index contributed by atoms with van der Waals surface area (Å²) in [6.07, 6.45) is 2.39. The summed E-state index contributed by atoms with van der Waals surface area (Å²) in [6.45, 7) is 2.13. The predicted molar refractivity (Wildman–Crippen MR) is 58.4 cm³/mol. The summed E-state index contributed by atoms with van der Waals surface area (Å²) in [5.74, 6) is 0.820. The Bertz CT molecular complexity index is 241. The van der Waals surface area contributed by atoms with E-state index in [-0.39, 0.29) is 0 Å². The number of hydrogen-bond acceptors (Lipinski definition) is 2. The van der Waals surface area contributed by atoms with E-state index < -0.39 is 0 Å². The van der Waals surface area contributed by atoms with Crippen LogP contribution < -0.4 is 5.32 Å². The predicted octanol–water partition coefficient (Wildman–Crippen LogP) is 2.86. The second-order valence-corrected chi connectivity index (χ2v) is 5.09. The smallest absolute Gasteiger partial charge is 0.0342 e. The van der Waals surface area contributed by atoms with Crippen LogP contribution in [-0.2, 0) is 6.54 Å². The van der Waals surface area contributed by atoms with Crippen LogP contribution in [0.3, 0.4) is 0 Å². The Morgan fingerprint density at radius 2 is 2.38 bits per heavy atom. The van der Waals surface area contributed by atoms with Crippen molar-refractivity contribution in [1.82, 2.24) is 5.32 Å². The zero-order chi connectivity index (χ0) is 9.10. The van der Waals surface area contributed by atoms with Crippen molar-refractivity contribution >= 4 is 22.9 Å². The maximum atomic E-state index is 5.90. The molecule has 3 heteroatoms. The number of nitrogens with one attached hydrogen (secondary N) is 1. The van der Waals surface area contributed by atoms with Crippen molar-refractivity contribution in [2.45, 2.75) is 24.8 Å². The molecule has 0 unspecified atom stereocenters. The molecule has 1 aromatic heterocycles. The third-order valence-corrected chi connectivity index (χ3v) is 3.61. The lowest BCUT2D eigenvalue weighted by Gasteiger charge is -2.30. The Morgan fingerprint density at radius 1 is 1.54 bits per heavy atom. The Hall–Kier alpha value is -0.0500. The van der Waals surface area contributed by atoms with Crippen molar-refractivity contribution < 1.29 is 0 Å². The molecule has 1 aliphatic rings. The van der Waals surface area contributed by atoms with E-state index in [0.29, 0.717) is 5.38 Å². The first-order chi connectivity index (χ1) is 6.34. The van der Waals surface area contributed by atoms with Crippen LogP contribution in [-0.4, -0.2) is 11.9 Å². The minimum atomic E-state index is 0.452. The van der Waals surface area contributed by atoms with Crippen molar-refractivity contribution in [2.24, 2.45) is 5.92 Å². The van der Waals surface area contributed by atoms with Crippen molar-refractivity contribution in [3.8, 4) is 0 Å². The van der Waals surface area contributed by atoms with Gasteiger partial charge >= 0.3 is 0 Å². The Morgan fingerprint density at radius 3 is 3.00 bits per heavy atom. The first-order valence-electron chi connectivity index (χ1n) is 4.70. The van der Waals surface area contributed by atoms with Gasteiger partial charge in [0.05, 0.1) is 0 Å². The molecule has 0 spiro atoms. The third-order valence-electron chi connectivity index (χ3n) is 2.52. The molecule has 2 rings (SSSR count). The summed E-state index contributed by atoms with van der Waals surface area (Å²) < 4.78 is 0. The van der Waals surface area contributed by atoms with E-state index in [1.165, 1.54) is 18.4 Å². The summed E-state index contributed by atoms with van der Waals surface area (Å²) in [4.78, 5) is 0. The average molecular weight is 216 g/mol. The third kappa shape index (κ3) is 2.70. The van der Waals surface area contributed by atoms with E-state index >= 15 is 0 Å². The fraction of sp³-hybridized carbons (Fsp3) is 0.600. The molecule has 1 aromatic rings. The van der Waals surface area contributed by atoms with Gasteiger partial charge in [-0.05, 0) is 47.7 Å². The summed E-state index contributed by atoms with van der Waals surface area (Å²) in [5, 5.41) is 8.22. The molecule has 0 aliphatic heterocycles. The summed E-state index contributed by atoms with van der Waals surface area (Å²) in [5.41, 5.74) is 1.40. The topological polar surface area (TPSA) is 12.0 Å². The lowest BCUT2D eigenvalue weighted by Crippen LogP contribution is -2.33. The van der Waals surface area contributed by atoms with E-state index in [4.69, 9.17) is 11.6 Å². The first-order valence-corrected chi connectivity index (χ1v) is 6.08. The zero-order valence-corrected chi connectivity index (χ0v) is 9.07. The van der Waals surface area contributed by atoms with Crippen molar-refractivity contribution in [2.75, 3.05) is 6.54 Å². The van der Waals surface area contributed by atoms with Gasteiger partial charge in [0.15, 0.2) is 0 Å². The molecule has 1 saturated carbocycles. The van der Waals surface area contributed by atoms with Crippen LogP contribution in [0.1, 0.15) is 18.4 Å². The van der Waals surface area contributed by atoms with Gasteiger partial charge in [0.25, 0.3) is 0 Å². The number of halogens is 1. The molecule has 72 valence electrons. The second kappa shape index (κ2) is 4.45. The van der Waals surface area contributed by atoms with Crippen LogP contribution in [0, 0.1) is 5.92 Å². The average Bonchev–Trinajstić information content (AvgIpc) is 2.53. The van der Waals surface area contributed by atoms with E-state index in [0.717, 1.165) is 19.0 Å². The Kier molecular flexibility index (Phi) is 3.25. The molecule has 1 N–H and O–H groups in total. The molecule has 0 radical (unpaired) electrons. The summed E-state index contributed by atoms with van der Waals surface area (Å²) in [6, 6.07) is 2.17. The van der Waals surface area contributed by atoms with Crippen molar-refractivity contribution in [3.05, 3.63) is 22.4 Å². The highest BCUT2D eigenvalue weighted by Gasteiger charge is 2.26. The molecule has 1 fully saturated rings. The molecule has 1 nitrogen and oxygen atoms in total. The molecule has 0 atom stereocenters. The van der Waals surface area contributed by atoms with Gasteiger partial charge in [0.1, 0.15) is 0 Å². The van der Waals surface area contributed by atoms with E-state index in [2.05, 4.69) is 22.1 Å². The SMILES string of the molecule is ClC1CC(CNCc2ccsc2)C1. The van der Waals surface area contributed by atoms with Gasteiger partial charge in [-0.3, -0.25) is 0 Å². The Labute approximate surface area is 88.1 Å². The van der Waals surface area contributed by atoms with Gasteiger partial charge in [-0.25, -0.2) is 0 Å². The normalized spacial score (nSPS) is 27.2. The van der Waals surface area contributed by atoms with Crippen LogP contribution in [0.15, 0.2) is 16.8 Å². The standard InChI is InChI=1S/C10H14ClNS/c11-10-3-9(4-10)6-12-5-8-1-2-13-7-8/h1-2,7,9-10,12H,3-6H2. The number of alkyl halides is 1. The summed E-state index contributed by atoms with van der Waals surface area (Å²) >= 11 is 7.65. The second-order valence-electron chi connectivity index (χ2n) is 3.70. The Balaban J connectivity index is 1.59. The number of hydrogen-bond donors (Lipinski definition) is 1. The van der Waals surface area contributed by atoms with Crippen molar-refractivity contribution in [3.63, 3.8) is 0 Å². The number of rotatable bonds is 4. The van der Waals surface area contributed by atoms with Gasteiger partial charge in [0, 0.05) is 11.9 Å². The van der Waals surface area contributed by atoms with Gasteiger partial charge in [-0.2, -0.15) is 11.3 Å². The molecule has 1 aliphatic carbocycles. The van der Waals surface area contributed by atoms with Gasteiger partial charge < -0.3 is 5.32 Å². The maximum absolute atomic E-state index is 5.90. The zero-order valence-electron chi connectivity index (χ0n) is 7.50. The van der Waals surface area contributed by atoms with Gasteiger partial charge in [-0.1, -0.05) is 0 Å². The summed E-state index contributed by atoms with van der Waals surface area (Å²) in [7, 11) is 0. The minimum Gasteiger partial charge on any atom is -0.312 e. The quantitative estimate of drug-likeness (QED) is 0.762. The van der Waals surface area contributed by atoms with E-state index in [1.54, 1.807) is 11.3 Å². The van der Waals surface area contributed by atoms with Crippen LogP contribution >= 0.6 is 22.9 Å². The number of thiophene rings is 1. The maximum Gasteiger partial charge on any atom is 0.0342 e. The van der Waals surface area contributed by atoms with E-state index in [9.17, 15) is 0 Å². The van der Waals surface area contributed by atoms with Crippen LogP contribution in [0.2, 0.25) is 0 Å². The van der Waals surface area contributed by atoms with Gasteiger partial charge in [-0.15, -0.1) is 11.6 Å². The van der Waals surface area contributed by atoms with Gasteiger partial charge in [0.2, 0.25) is 0 Å². The molecule has 0 amide bonds. The van der Waals surface area contributed by atoms with E-state index in [1.807, 2.05) is 0 Å². The van der Waals surface area contributed by atoms with Crippen LogP contribution in [0.25, 0.3) is 0 Å². The monoisotopic (exact) mass is 215 g/mol. The molecular weight excluding hydrogens is 202 g/mol. The van der Waals surface area contributed by atoms with Crippen LogP contribution in [0.5, 0.6) is 0 Å². The largest absolute Gasteiger partial charge is 0.312 e. The molecule has 0 aromatic carbocycles. The molecule has 0 bridgehead atoms. The molecular formula is C10H14ClNS. The highest BCUT2D eigenvalue weighted by atomic mass is 35.5. The van der Waals surface area contributed by atoms with Crippen molar-refractivity contribution in [1.29, 1.82) is 0 Å². The first kappa shape index (κ1) is 9.50. The molecule has 13 heavy (non-hydrogen) atoms. The fourth-order valence-corrected chi connectivity index (χ4v) is 2.81. The highest BCUT2D eigenvalue weighted by molar-refractivity contribution is 7.07. The molecule has 1 heterocycles. The fourth-order valence-electron chi connectivity index (χ4n) is 1.63. The minimum absolute atomic E-state index is 0.452. The lowest BCUT2D eigenvalue weighted by atomic mass is 9.85. The van der Waals surface area contributed by atoms with Crippen LogP contribution in [0.4, 0.5) is 0 Å². The lowest BCUT2D eigenvalue weighted by molar-refractivity contribution is 0.308.